The van der Waals surface area contributed by atoms with Crippen molar-refractivity contribution in [2.45, 2.75) is 30.8 Å². The summed E-state index contributed by atoms with van der Waals surface area (Å²) >= 11 is 1.35. The van der Waals surface area contributed by atoms with Gasteiger partial charge in [0.2, 0.25) is 15.9 Å². The molecule has 0 fully saturated rings. The van der Waals surface area contributed by atoms with E-state index in [1.165, 1.54) is 41.7 Å². The van der Waals surface area contributed by atoms with Gasteiger partial charge in [0.1, 0.15) is 5.82 Å². The van der Waals surface area contributed by atoms with Gasteiger partial charge in [0.15, 0.2) is 0 Å². The molecular weight excluding hydrogens is 465 g/mol. The molecule has 0 radical (unpaired) electrons. The third-order valence-electron chi connectivity index (χ3n) is 4.66. The van der Waals surface area contributed by atoms with Gasteiger partial charge < -0.3 is 10.6 Å². The van der Waals surface area contributed by atoms with Crippen LogP contribution in [0, 0.1) is 5.82 Å². The molecule has 0 saturated heterocycles. The van der Waals surface area contributed by atoms with E-state index in [-0.39, 0.29) is 36.2 Å². The second-order valence-electron chi connectivity index (χ2n) is 7.22. The van der Waals surface area contributed by atoms with E-state index in [0.717, 1.165) is 0 Å². The summed E-state index contributed by atoms with van der Waals surface area (Å²) in [5.41, 5.74) is 1.14. The summed E-state index contributed by atoms with van der Waals surface area (Å²) in [6, 6.07) is 15.5. The molecule has 1 aromatic heterocycles. The zero-order valence-electron chi connectivity index (χ0n) is 17.7. The first-order chi connectivity index (χ1) is 15.8. The van der Waals surface area contributed by atoms with Crippen molar-refractivity contribution in [2.24, 2.45) is 0 Å². The lowest BCUT2D eigenvalue weighted by Gasteiger charge is -2.10. The fourth-order valence-electron chi connectivity index (χ4n) is 2.97. The van der Waals surface area contributed by atoms with E-state index in [1.54, 1.807) is 30.3 Å². The van der Waals surface area contributed by atoms with E-state index >= 15 is 0 Å². The number of amides is 2. The molecule has 1 heterocycles. The monoisotopic (exact) mass is 489 g/mol. The van der Waals surface area contributed by atoms with E-state index in [1.807, 2.05) is 5.38 Å². The first-order valence-corrected chi connectivity index (χ1v) is 12.6. The Kier molecular flexibility index (Phi) is 8.70. The van der Waals surface area contributed by atoms with Crippen molar-refractivity contribution < 1.29 is 22.4 Å². The average molecular weight is 490 g/mol. The summed E-state index contributed by atoms with van der Waals surface area (Å²) in [5.74, 6) is -0.790. The zero-order valence-corrected chi connectivity index (χ0v) is 19.3. The maximum Gasteiger partial charge on any atom is 0.261 e. The highest BCUT2D eigenvalue weighted by Crippen LogP contribution is 2.13. The topological polar surface area (TPSA) is 104 Å². The van der Waals surface area contributed by atoms with E-state index in [9.17, 15) is 22.4 Å². The van der Waals surface area contributed by atoms with Crippen LogP contribution >= 0.6 is 11.3 Å². The molecule has 0 atom stereocenters. The van der Waals surface area contributed by atoms with Gasteiger partial charge in [-0.05, 0) is 53.3 Å². The molecule has 3 N–H and O–H groups in total. The number of thiophene rings is 1. The van der Waals surface area contributed by atoms with Crippen LogP contribution < -0.4 is 15.4 Å². The number of hydrogen-bond acceptors (Lipinski definition) is 5. The van der Waals surface area contributed by atoms with Gasteiger partial charge >= 0.3 is 0 Å². The third kappa shape index (κ3) is 7.77. The molecule has 33 heavy (non-hydrogen) atoms. The maximum absolute atomic E-state index is 13.3. The van der Waals surface area contributed by atoms with Crippen LogP contribution in [0.2, 0.25) is 0 Å². The number of halogens is 1. The van der Waals surface area contributed by atoms with Crippen molar-refractivity contribution in [3.8, 4) is 0 Å². The third-order valence-corrected chi connectivity index (χ3v) is 6.93. The number of hydrogen-bond donors (Lipinski definition) is 3. The van der Waals surface area contributed by atoms with Crippen LogP contribution in [0.4, 0.5) is 4.39 Å². The summed E-state index contributed by atoms with van der Waals surface area (Å²) in [4.78, 5) is 24.6. The Balaban J connectivity index is 1.44. The van der Waals surface area contributed by atoms with Crippen molar-refractivity contribution in [3.63, 3.8) is 0 Å². The first-order valence-electron chi connectivity index (χ1n) is 10.2. The summed E-state index contributed by atoms with van der Waals surface area (Å²) in [7, 11) is -3.80. The fraction of sp³-hybridized carbons (Fsp3) is 0.217. The van der Waals surface area contributed by atoms with Gasteiger partial charge in [-0.2, -0.15) is 0 Å². The van der Waals surface area contributed by atoms with Crippen LogP contribution in [-0.4, -0.2) is 26.8 Å². The van der Waals surface area contributed by atoms with Gasteiger partial charge in [0.05, 0.1) is 9.77 Å². The minimum Gasteiger partial charge on any atom is -0.352 e. The predicted molar refractivity (Wildman–Crippen MR) is 125 cm³/mol. The molecule has 2 aromatic carbocycles. The molecule has 0 bridgehead atoms. The number of benzene rings is 2. The Labute approximate surface area is 196 Å². The number of sulfonamides is 1. The fourth-order valence-corrected chi connectivity index (χ4v) is 4.69. The van der Waals surface area contributed by atoms with Crippen LogP contribution in [0.1, 0.15) is 33.6 Å². The highest BCUT2D eigenvalue weighted by Gasteiger charge is 2.14. The average Bonchev–Trinajstić information content (AvgIpc) is 3.35. The van der Waals surface area contributed by atoms with E-state index in [4.69, 9.17) is 0 Å². The Morgan fingerprint density at radius 3 is 2.39 bits per heavy atom. The lowest BCUT2D eigenvalue weighted by Crippen LogP contribution is -2.27. The van der Waals surface area contributed by atoms with Crippen molar-refractivity contribution in [1.82, 2.24) is 15.4 Å². The normalized spacial score (nSPS) is 11.2. The standard InChI is InChI=1S/C23H24FN3O4S2/c24-19-7-1-5-17(13-19)16-27-33(30,31)20-8-2-6-18(14-20)15-26-22(28)10-3-11-25-23(29)21-9-4-12-32-21/h1-2,4-9,12-14,27H,3,10-11,15-16H2,(H,25,29)(H,26,28). The van der Waals surface area contributed by atoms with Crippen molar-refractivity contribution >= 4 is 33.2 Å². The molecule has 10 heteroatoms. The predicted octanol–water partition coefficient (Wildman–Crippen LogP) is 3.19. The summed E-state index contributed by atoms with van der Waals surface area (Å²) in [5, 5.41) is 7.34. The lowest BCUT2D eigenvalue weighted by atomic mass is 10.2. The minimum absolute atomic E-state index is 0.0376. The SMILES string of the molecule is O=C(CCCNC(=O)c1cccs1)NCc1cccc(S(=O)(=O)NCc2cccc(F)c2)c1. The van der Waals surface area contributed by atoms with Gasteiger partial charge in [-0.3, -0.25) is 9.59 Å². The minimum atomic E-state index is -3.80. The quantitative estimate of drug-likeness (QED) is 0.360. The molecule has 0 saturated carbocycles. The summed E-state index contributed by atoms with van der Waals surface area (Å²) in [6.45, 7) is 0.520. The summed E-state index contributed by atoms with van der Waals surface area (Å²) < 4.78 is 40.9. The second kappa shape index (κ2) is 11.7. The molecule has 2 amide bonds. The molecule has 7 nitrogen and oxygen atoms in total. The van der Waals surface area contributed by atoms with Gasteiger partial charge in [-0.25, -0.2) is 17.5 Å². The molecule has 0 aliphatic heterocycles. The largest absolute Gasteiger partial charge is 0.352 e. The zero-order chi connectivity index (χ0) is 23.7. The van der Waals surface area contributed by atoms with Crippen LogP contribution in [0.3, 0.4) is 0 Å². The Bertz CT molecular complexity index is 1200. The Morgan fingerprint density at radius 2 is 1.67 bits per heavy atom. The van der Waals surface area contributed by atoms with Crippen LogP contribution in [0.5, 0.6) is 0 Å². The smallest absolute Gasteiger partial charge is 0.261 e. The van der Waals surface area contributed by atoms with Gasteiger partial charge in [-0.1, -0.05) is 30.3 Å². The summed E-state index contributed by atoms with van der Waals surface area (Å²) in [6.07, 6.45) is 0.721. The van der Waals surface area contributed by atoms with E-state index < -0.39 is 15.8 Å². The first kappa shape index (κ1) is 24.6. The number of nitrogens with one attached hydrogen (secondary N) is 3. The molecule has 0 aliphatic rings. The Hall–Kier alpha value is -3.08. The van der Waals surface area contributed by atoms with Gasteiger partial charge in [-0.15, -0.1) is 11.3 Å². The highest BCUT2D eigenvalue weighted by molar-refractivity contribution is 7.89. The van der Waals surface area contributed by atoms with Crippen LogP contribution in [-0.2, 0) is 27.9 Å². The molecule has 3 aromatic rings. The van der Waals surface area contributed by atoms with E-state index in [2.05, 4.69) is 15.4 Å². The lowest BCUT2D eigenvalue weighted by molar-refractivity contribution is -0.121. The van der Waals surface area contributed by atoms with Gasteiger partial charge in [0.25, 0.3) is 5.91 Å². The molecular formula is C23H24FN3O4S2. The Morgan fingerprint density at radius 1 is 0.909 bits per heavy atom. The van der Waals surface area contributed by atoms with Crippen molar-refractivity contribution in [2.75, 3.05) is 6.54 Å². The van der Waals surface area contributed by atoms with Crippen molar-refractivity contribution in [3.05, 3.63) is 87.9 Å². The van der Waals surface area contributed by atoms with E-state index in [0.29, 0.717) is 29.0 Å². The highest BCUT2D eigenvalue weighted by atomic mass is 32.2. The molecule has 174 valence electrons. The maximum atomic E-state index is 13.3. The van der Waals surface area contributed by atoms with Crippen LogP contribution in [0.15, 0.2) is 70.9 Å². The second-order valence-corrected chi connectivity index (χ2v) is 9.93. The molecule has 0 unspecified atom stereocenters. The number of carbonyl (C=O) groups is 2. The van der Waals surface area contributed by atoms with Crippen molar-refractivity contribution in [1.29, 1.82) is 0 Å². The number of rotatable bonds is 11. The van der Waals surface area contributed by atoms with Gasteiger partial charge in [0, 0.05) is 26.1 Å². The van der Waals surface area contributed by atoms with Crippen LogP contribution in [0.25, 0.3) is 0 Å². The molecule has 0 aliphatic carbocycles. The molecule has 3 rings (SSSR count). The molecule has 0 spiro atoms. The number of carbonyl (C=O) groups excluding carboxylic acids is 2.